The number of ether oxygens (including phenoxy) is 1. The summed E-state index contributed by atoms with van der Waals surface area (Å²) >= 11 is 0. The zero-order valence-electron chi connectivity index (χ0n) is 8.21. The second-order valence-corrected chi connectivity index (χ2v) is 3.28. The third-order valence-corrected chi connectivity index (χ3v) is 2.32. The van der Waals surface area contributed by atoms with Crippen molar-refractivity contribution in [3.05, 3.63) is 11.4 Å². The van der Waals surface area contributed by atoms with Crippen molar-refractivity contribution in [3.8, 4) is 12.3 Å². The van der Waals surface area contributed by atoms with E-state index in [1.807, 2.05) is 6.92 Å². The number of aromatic amines is 1. The van der Waals surface area contributed by atoms with Crippen LogP contribution in [0, 0.1) is 19.3 Å². The standard InChI is InChI=1S/C10H13N3O/c1-3-9-8(2)11-10(12-9)13-4-6-14-7-5-13/h1H,4-7H2,2H3,(H,11,12). The number of morpholine rings is 1. The fraction of sp³-hybridized carbons (Fsp3) is 0.500. The third-order valence-electron chi connectivity index (χ3n) is 2.32. The molecule has 1 N–H and O–H groups in total. The fourth-order valence-corrected chi connectivity index (χ4v) is 1.51. The van der Waals surface area contributed by atoms with Crippen LogP contribution in [-0.2, 0) is 4.74 Å². The number of rotatable bonds is 1. The van der Waals surface area contributed by atoms with Crippen molar-refractivity contribution in [2.75, 3.05) is 31.2 Å². The summed E-state index contributed by atoms with van der Waals surface area (Å²) < 4.78 is 5.26. The van der Waals surface area contributed by atoms with Crippen LogP contribution in [0.15, 0.2) is 0 Å². The van der Waals surface area contributed by atoms with E-state index in [1.165, 1.54) is 0 Å². The lowest BCUT2D eigenvalue weighted by molar-refractivity contribution is 0.122. The minimum absolute atomic E-state index is 0.700. The van der Waals surface area contributed by atoms with E-state index in [9.17, 15) is 0 Å². The summed E-state index contributed by atoms with van der Waals surface area (Å²) in [5.41, 5.74) is 1.65. The molecule has 0 unspecified atom stereocenters. The van der Waals surface area contributed by atoms with E-state index in [0.29, 0.717) is 5.69 Å². The zero-order chi connectivity index (χ0) is 9.97. The first-order chi connectivity index (χ1) is 6.81. The number of hydrogen-bond donors (Lipinski definition) is 1. The summed E-state index contributed by atoms with van der Waals surface area (Å²) in [4.78, 5) is 9.66. The lowest BCUT2D eigenvalue weighted by Crippen LogP contribution is -2.36. The number of nitrogens with one attached hydrogen (secondary N) is 1. The Labute approximate surface area is 83.3 Å². The Kier molecular flexibility index (Phi) is 2.42. The van der Waals surface area contributed by atoms with Gasteiger partial charge in [-0.15, -0.1) is 6.42 Å². The normalized spacial score (nSPS) is 16.7. The maximum atomic E-state index is 5.32. The van der Waals surface area contributed by atoms with Crippen molar-refractivity contribution in [1.29, 1.82) is 0 Å². The van der Waals surface area contributed by atoms with Crippen LogP contribution in [0.2, 0.25) is 0 Å². The van der Waals surface area contributed by atoms with Gasteiger partial charge in [-0.25, -0.2) is 4.98 Å². The van der Waals surface area contributed by atoms with Crippen molar-refractivity contribution in [3.63, 3.8) is 0 Å². The van der Waals surface area contributed by atoms with Gasteiger partial charge in [0.25, 0.3) is 0 Å². The number of hydrogen-bond acceptors (Lipinski definition) is 3. The summed E-state index contributed by atoms with van der Waals surface area (Å²) in [5, 5.41) is 0. The van der Waals surface area contributed by atoms with Crippen molar-refractivity contribution in [2.45, 2.75) is 6.92 Å². The van der Waals surface area contributed by atoms with E-state index >= 15 is 0 Å². The van der Waals surface area contributed by atoms with E-state index in [0.717, 1.165) is 37.9 Å². The number of imidazole rings is 1. The van der Waals surface area contributed by atoms with Gasteiger partial charge in [0.05, 0.1) is 13.2 Å². The summed E-state index contributed by atoms with van der Waals surface area (Å²) in [5.74, 6) is 3.41. The second kappa shape index (κ2) is 3.72. The lowest BCUT2D eigenvalue weighted by atomic mass is 10.4. The average molecular weight is 191 g/mol. The zero-order valence-corrected chi connectivity index (χ0v) is 8.21. The van der Waals surface area contributed by atoms with Gasteiger partial charge in [-0.1, -0.05) is 0 Å². The molecule has 1 aromatic heterocycles. The Hall–Kier alpha value is -1.47. The maximum Gasteiger partial charge on any atom is 0.204 e. The highest BCUT2D eigenvalue weighted by Gasteiger charge is 2.15. The number of terminal acetylenes is 1. The van der Waals surface area contributed by atoms with Crippen molar-refractivity contribution < 1.29 is 4.74 Å². The molecule has 14 heavy (non-hydrogen) atoms. The second-order valence-electron chi connectivity index (χ2n) is 3.28. The molecule has 0 radical (unpaired) electrons. The van der Waals surface area contributed by atoms with Crippen LogP contribution >= 0.6 is 0 Å². The van der Waals surface area contributed by atoms with Gasteiger partial charge in [0.15, 0.2) is 0 Å². The molecule has 2 rings (SSSR count). The summed E-state index contributed by atoms with van der Waals surface area (Å²) in [6.45, 7) is 5.19. The van der Waals surface area contributed by atoms with Crippen LogP contribution in [-0.4, -0.2) is 36.3 Å². The van der Waals surface area contributed by atoms with E-state index in [4.69, 9.17) is 11.2 Å². The molecule has 0 spiro atoms. The van der Waals surface area contributed by atoms with Crippen LogP contribution < -0.4 is 4.90 Å². The Morgan fingerprint density at radius 1 is 1.50 bits per heavy atom. The minimum atomic E-state index is 0.700. The molecule has 0 aliphatic carbocycles. The van der Waals surface area contributed by atoms with Gasteiger partial charge in [-0.05, 0) is 12.8 Å². The highest BCUT2D eigenvalue weighted by atomic mass is 16.5. The van der Waals surface area contributed by atoms with E-state index in [-0.39, 0.29) is 0 Å². The van der Waals surface area contributed by atoms with Crippen LogP contribution in [0.3, 0.4) is 0 Å². The van der Waals surface area contributed by atoms with Crippen molar-refractivity contribution in [1.82, 2.24) is 9.97 Å². The number of nitrogens with zero attached hydrogens (tertiary/aromatic N) is 2. The van der Waals surface area contributed by atoms with Gasteiger partial charge in [-0.3, -0.25) is 0 Å². The predicted molar refractivity (Wildman–Crippen MR) is 54.3 cm³/mol. The highest BCUT2D eigenvalue weighted by Crippen LogP contribution is 2.13. The Balaban J connectivity index is 2.19. The molecule has 0 aromatic carbocycles. The first-order valence-electron chi connectivity index (χ1n) is 4.67. The van der Waals surface area contributed by atoms with Gasteiger partial charge in [-0.2, -0.15) is 0 Å². The Bertz CT molecular complexity index is 358. The molecule has 4 heteroatoms. The molecule has 1 aliphatic rings. The number of aryl methyl sites for hydroxylation is 1. The van der Waals surface area contributed by atoms with Gasteiger partial charge >= 0.3 is 0 Å². The van der Waals surface area contributed by atoms with Gasteiger partial charge in [0.1, 0.15) is 5.69 Å². The van der Waals surface area contributed by atoms with Crippen LogP contribution in [0.4, 0.5) is 5.95 Å². The van der Waals surface area contributed by atoms with E-state index < -0.39 is 0 Å². The first kappa shape index (κ1) is 9.10. The molecule has 2 heterocycles. The molecule has 74 valence electrons. The fourth-order valence-electron chi connectivity index (χ4n) is 1.51. The molecule has 4 nitrogen and oxygen atoms in total. The quantitative estimate of drug-likeness (QED) is 0.658. The molecule has 0 amide bonds. The van der Waals surface area contributed by atoms with Crippen LogP contribution in [0.1, 0.15) is 11.4 Å². The van der Waals surface area contributed by atoms with Crippen molar-refractivity contribution >= 4 is 5.95 Å². The maximum absolute atomic E-state index is 5.32. The van der Waals surface area contributed by atoms with Crippen molar-refractivity contribution in [2.24, 2.45) is 0 Å². The number of anilines is 1. The highest BCUT2D eigenvalue weighted by molar-refractivity contribution is 5.40. The smallest absolute Gasteiger partial charge is 0.204 e. The summed E-state index contributed by atoms with van der Waals surface area (Å²) in [6.07, 6.45) is 5.32. The number of aromatic nitrogens is 2. The SMILES string of the molecule is C#Cc1nc(N2CCOCC2)[nH]c1C. The minimum Gasteiger partial charge on any atom is -0.378 e. The molecule has 1 fully saturated rings. The summed E-state index contributed by atoms with van der Waals surface area (Å²) in [6, 6.07) is 0. The molecular weight excluding hydrogens is 178 g/mol. The predicted octanol–water partition coefficient (Wildman–Crippen LogP) is 0.536. The van der Waals surface area contributed by atoms with Gasteiger partial charge < -0.3 is 14.6 Å². The van der Waals surface area contributed by atoms with Gasteiger partial charge in [0.2, 0.25) is 5.95 Å². The van der Waals surface area contributed by atoms with Crippen LogP contribution in [0.5, 0.6) is 0 Å². The Morgan fingerprint density at radius 2 is 2.21 bits per heavy atom. The molecule has 1 saturated heterocycles. The molecule has 1 aliphatic heterocycles. The largest absolute Gasteiger partial charge is 0.378 e. The third kappa shape index (κ3) is 1.59. The summed E-state index contributed by atoms with van der Waals surface area (Å²) in [7, 11) is 0. The molecule has 0 bridgehead atoms. The molecule has 0 saturated carbocycles. The van der Waals surface area contributed by atoms with Gasteiger partial charge in [0, 0.05) is 18.8 Å². The first-order valence-corrected chi connectivity index (χ1v) is 4.67. The van der Waals surface area contributed by atoms with E-state index in [2.05, 4.69) is 20.8 Å². The molecular formula is C10H13N3O. The molecule has 1 aromatic rings. The molecule has 0 atom stereocenters. The van der Waals surface area contributed by atoms with Crippen LogP contribution in [0.25, 0.3) is 0 Å². The topological polar surface area (TPSA) is 41.2 Å². The number of H-pyrrole nitrogens is 1. The Morgan fingerprint density at radius 3 is 2.79 bits per heavy atom. The monoisotopic (exact) mass is 191 g/mol. The lowest BCUT2D eigenvalue weighted by Gasteiger charge is -2.26. The average Bonchev–Trinajstić information content (AvgIpc) is 2.61. The van der Waals surface area contributed by atoms with E-state index in [1.54, 1.807) is 0 Å².